The number of carbonyl (C=O) groups excluding carboxylic acids is 1. The number of nitrogens with one attached hydrogen (secondary N) is 2. The summed E-state index contributed by atoms with van der Waals surface area (Å²) >= 11 is 0. The zero-order valence-electron chi connectivity index (χ0n) is 12.5. The van der Waals surface area contributed by atoms with Crippen LogP contribution < -0.4 is 16.6 Å². The summed E-state index contributed by atoms with van der Waals surface area (Å²) in [7, 11) is 0. The maximum absolute atomic E-state index is 12.5. The van der Waals surface area contributed by atoms with Crippen molar-refractivity contribution in [3.8, 4) is 0 Å². The van der Waals surface area contributed by atoms with Crippen LogP contribution in [-0.4, -0.2) is 23.0 Å². The lowest BCUT2D eigenvalue weighted by molar-refractivity contribution is 0.0896. The quantitative estimate of drug-likeness (QED) is 0.776. The molecule has 114 valence electrons. The molecule has 3 rings (SSSR count). The SMILES string of the molecule is CC(CN)(NC(=O)c1cc2c([nH]c1=O)CCCC2)C1CC1. The van der Waals surface area contributed by atoms with Gasteiger partial charge in [0.15, 0.2) is 0 Å². The molecule has 5 heteroatoms. The van der Waals surface area contributed by atoms with Crippen molar-refractivity contribution in [3.63, 3.8) is 0 Å². The van der Waals surface area contributed by atoms with Crippen molar-refractivity contribution in [2.75, 3.05) is 6.54 Å². The Bertz CT molecular complexity index is 618. The predicted molar refractivity (Wildman–Crippen MR) is 81.4 cm³/mol. The number of H-pyrrole nitrogens is 1. The second-order valence-corrected chi connectivity index (χ2v) is 6.57. The lowest BCUT2D eigenvalue weighted by Crippen LogP contribution is -2.54. The molecule has 1 aromatic heterocycles. The molecule has 0 spiro atoms. The van der Waals surface area contributed by atoms with Crippen LogP contribution in [0.1, 0.15) is 54.2 Å². The topological polar surface area (TPSA) is 88.0 Å². The van der Waals surface area contributed by atoms with E-state index in [0.717, 1.165) is 49.8 Å². The molecule has 2 aliphatic carbocycles. The van der Waals surface area contributed by atoms with E-state index < -0.39 is 5.54 Å². The second kappa shape index (κ2) is 5.30. The van der Waals surface area contributed by atoms with Crippen LogP contribution in [0.4, 0.5) is 0 Å². The molecule has 4 N–H and O–H groups in total. The minimum Gasteiger partial charge on any atom is -0.345 e. The molecule has 1 atom stereocenters. The normalized spacial score (nSPS) is 20.5. The summed E-state index contributed by atoms with van der Waals surface area (Å²) in [6.45, 7) is 2.36. The van der Waals surface area contributed by atoms with E-state index in [1.165, 1.54) is 0 Å². The van der Waals surface area contributed by atoms with Crippen LogP contribution >= 0.6 is 0 Å². The van der Waals surface area contributed by atoms with Gasteiger partial charge in [-0.3, -0.25) is 9.59 Å². The summed E-state index contributed by atoms with van der Waals surface area (Å²) in [4.78, 5) is 27.5. The average Bonchev–Trinajstić information content (AvgIpc) is 3.31. The Kier molecular flexibility index (Phi) is 3.61. The Labute approximate surface area is 124 Å². The van der Waals surface area contributed by atoms with E-state index in [9.17, 15) is 9.59 Å². The fraction of sp³-hybridized carbons (Fsp3) is 0.625. The molecule has 0 radical (unpaired) electrons. The van der Waals surface area contributed by atoms with Crippen LogP contribution in [0.15, 0.2) is 10.9 Å². The van der Waals surface area contributed by atoms with Crippen LogP contribution in [0.3, 0.4) is 0 Å². The van der Waals surface area contributed by atoms with Gasteiger partial charge in [-0.15, -0.1) is 0 Å². The fourth-order valence-electron chi connectivity index (χ4n) is 3.21. The molecule has 0 bridgehead atoms. The third-order valence-corrected chi connectivity index (χ3v) is 4.88. The van der Waals surface area contributed by atoms with Crippen LogP contribution in [0, 0.1) is 5.92 Å². The van der Waals surface area contributed by atoms with Gasteiger partial charge in [0.2, 0.25) is 0 Å². The van der Waals surface area contributed by atoms with E-state index in [4.69, 9.17) is 5.73 Å². The first-order chi connectivity index (χ1) is 10.0. The van der Waals surface area contributed by atoms with Gasteiger partial charge in [-0.25, -0.2) is 0 Å². The van der Waals surface area contributed by atoms with Crippen molar-refractivity contribution in [1.29, 1.82) is 0 Å². The minimum atomic E-state index is -0.403. The Balaban J connectivity index is 1.86. The molecule has 1 saturated carbocycles. The molecular weight excluding hydrogens is 266 g/mol. The monoisotopic (exact) mass is 289 g/mol. The first-order valence-corrected chi connectivity index (χ1v) is 7.81. The van der Waals surface area contributed by atoms with E-state index in [-0.39, 0.29) is 17.0 Å². The van der Waals surface area contributed by atoms with Gasteiger partial charge in [-0.2, -0.15) is 0 Å². The summed E-state index contributed by atoms with van der Waals surface area (Å²) in [6, 6.07) is 1.77. The zero-order chi connectivity index (χ0) is 15.0. The number of hydrogen-bond donors (Lipinski definition) is 3. The average molecular weight is 289 g/mol. The lowest BCUT2D eigenvalue weighted by Gasteiger charge is -2.29. The van der Waals surface area contributed by atoms with Gasteiger partial charge >= 0.3 is 0 Å². The number of fused-ring (bicyclic) bond motifs is 1. The highest BCUT2D eigenvalue weighted by Gasteiger charge is 2.41. The molecule has 1 fully saturated rings. The number of aromatic amines is 1. The van der Waals surface area contributed by atoms with Crippen LogP contribution in [-0.2, 0) is 12.8 Å². The molecule has 1 heterocycles. The van der Waals surface area contributed by atoms with E-state index in [1.807, 2.05) is 6.92 Å². The summed E-state index contributed by atoms with van der Waals surface area (Å²) in [6.07, 6.45) is 6.23. The number of hydrogen-bond acceptors (Lipinski definition) is 3. The van der Waals surface area contributed by atoms with Gasteiger partial charge in [-0.05, 0) is 63.0 Å². The number of rotatable bonds is 4. The van der Waals surface area contributed by atoms with Gasteiger partial charge in [0.05, 0.1) is 5.54 Å². The molecule has 2 aliphatic rings. The number of amides is 1. The number of aryl methyl sites for hydroxylation is 2. The van der Waals surface area contributed by atoms with Crippen molar-refractivity contribution in [3.05, 3.63) is 33.2 Å². The van der Waals surface area contributed by atoms with Crippen molar-refractivity contribution in [2.45, 2.75) is 51.0 Å². The number of aromatic nitrogens is 1. The van der Waals surface area contributed by atoms with Crippen molar-refractivity contribution in [2.24, 2.45) is 11.7 Å². The molecule has 1 unspecified atom stereocenters. The Morgan fingerprint density at radius 1 is 1.43 bits per heavy atom. The van der Waals surface area contributed by atoms with E-state index in [2.05, 4.69) is 10.3 Å². The van der Waals surface area contributed by atoms with Crippen LogP contribution in [0.5, 0.6) is 0 Å². The highest BCUT2D eigenvalue weighted by atomic mass is 16.2. The van der Waals surface area contributed by atoms with Gasteiger partial charge in [0, 0.05) is 12.2 Å². The molecule has 5 nitrogen and oxygen atoms in total. The maximum Gasteiger partial charge on any atom is 0.261 e. The van der Waals surface area contributed by atoms with E-state index in [0.29, 0.717) is 12.5 Å². The predicted octanol–water partition coefficient (Wildman–Crippen LogP) is 1.11. The summed E-state index contributed by atoms with van der Waals surface area (Å²) in [5.41, 5.74) is 7.44. The standard InChI is InChI=1S/C16H23N3O2/c1-16(9-17,11-6-7-11)19-15(21)12-8-10-4-2-3-5-13(10)18-14(12)20/h8,11H,2-7,9,17H2,1H3,(H,18,20)(H,19,21). The lowest BCUT2D eigenvalue weighted by atomic mass is 9.93. The summed E-state index contributed by atoms with van der Waals surface area (Å²) in [5.74, 6) is 0.132. The van der Waals surface area contributed by atoms with Gasteiger partial charge < -0.3 is 16.0 Å². The first-order valence-electron chi connectivity index (χ1n) is 7.81. The number of carbonyl (C=O) groups is 1. The summed E-state index contributed by atoms with van der Waals surface area (Å²) in [5, 5.41) is 2.99. The first kappa shape index (κ1) is 14.3. The van der Waals surface area contributed by atoms with E-state index in [1.54, 1.807) is 6.07 Å². The van der Waals surface area contributed by atoms with Crippen molar-refractivity contribution < 1.29 is 4.79 Å². The highest BCUT2D eigenvalue weighted by Crippen LogP contribution is 2.39. The summed E-state index contributed by atoms with van der Waals surface area (Å²) < 4.78 is 0. The number of nitrogens with two attached hydrogens (primary N) is 1. The molecule has 0 aromatic carbocycles. The smallest absolute Gasteiger partial charge is 0.261 e. The Morgan fingerprint density at radius 2 is 2.14 bits per heavy atom. The highest BCUT2D eigenvalue weighted by molar-refractivity contribution is 5.94. The minimum absolute atomic E-state index is 0.218. The van der Waals surface area contributed by atoms with Gasteiger partial charge in [0.25, 0.3) is 11.5 Å². The van der Waals surface area contributed by atoms with Crippen LogP contribution in [0.2, 0.25) is 0 Å². The second-order valence-electron chi connectivity index (χ2n) is 6.57. The molecule has 1 aromatic rings. The zero-order valence-corrected chi connectivity index (χ0v) is 12.5. The third kappa shape index (κ3) is 2.75. The molecule has 1 amide bonds. The molecular formula is C16H23N3O2. The molecule has 21 heavy (non-hydrogen) atoms. The Morgan fingerprint density at radius 3 is 2.81 bits per heavy atom. The van der Waals surface area contributed by atoms with Gasteiger partial charge in [0.1, 0.15) is 5.56 Å². The van der Waals surface area contributed by atoms with Crippen molar-refractivity contribution >= 4 is 5.91 Å². The Hall–Kier alpha value is -1.62. The molecule has 0 saturated heterocycles. The number of pyridine rings is 1. The van der Waals surface area contributed by atoms with Gasteiger partial charge in [-0.1, -0.05) is 0 Å². The van der Waals surface area contributed by atoms with E-state index >= 15 is 0 Å². The fourth-order valence-corrected chi connectivity index (χ4v) is 3.21. The van der Waals surface area contributed by atoms with Crippen molar-refractivity contribution in [1.82, 2.24) is 10.3 Å². The third-order valence-electron chi connectivity index (χ3n) is 4.88. The van der Waals surface area contributed by atoms with Crippen LogP contribution in [0.25, 0.3) is 0 Å². The molecule has 0 aliphatic heterocycles. The maximum atomic E-state index is 12.5. The largest absolute Gasteiger partial charge is 0.345 e.